The first kappa shape index (κ1) is 19.0. The zero-order chi connectivity index (χ0) is 18.8. The highest BCUT2D eigenvalue weighted by Gasteiger charge is 2.05. The van der Waals surface area contributed by atoms with Gasteiger partial charge in [-0.1, -0.05) is 48.2 Å². The third kappa shape index (κ3) is 6.65. The minimum absolute atomic E-state index is 0.135. The van der Waals surface area contributed by atoms with Crippen molar-refractivity contribution < 1.29 is 23.8 Å². The zero-order valence-electron chi connectivity index (χ0n) is 14.0. The minimum Gasteiger partial charge on any atom is -0.481 e. The molecular formula is C20H18FNO4. The summed E-state index contributed by atoms with van der Waals surface area (Å²) in [5.74, 6) is 3.89. The molecule has 0 aliphatic heterocycles. The van der Waals surface area contributed by atoms with Crippen LogP contribution >= 0.6 is 0 Å². The first-order valence-electron chi connectivity index (χ1n) is 7.98. The van der Waals surface area contributed by atoms with Crippen molar-refractivity contribution in [3.63, 3.8) is 0 Å². The number of carbonyl (C=O) groups is 2. The Hall–Kier alpha value is -3.33. The molecule has 0 spiro atoms. The molecule has 6 heteroatoms. The Balaban J connectivity index is 1.76. The summed E-state index contributed by atoms with van der Waals surface area (Å²) < 4.78 is 18.7. The van der Waals surface area contributed by atoms with Gasteiger partial charge < -0.3 is 15.2 Å². The molecular weight excluding hydrogens is 337 g/mol. The zero-order valence-corrected chi connectivity index (χ0v) is 14.0. The highest BCUT2D eigenvalue weighted by Crippen LogP contribution is 2.10. The van der Waals surface area contributed by atoms with Crippen LogP contribution in [0.5, 0.6) is 0 Å². The fourth-order valence-corrected chi connectivity index (χ4v) is 2.11. The van der Waals surface area contributed by atoms with Crippen molar-refractivity contribution in [2.75, 3.05) is 6.54 Å². The number of carboxylic acid groups (broad SMARTS) is 1. The van der Waals surface area contributed by atoms with Crippen molar-refractivity contribution in [2.24, 2.45) is 0 Å². The Morgan fingerprint density at radius 1 is 1.12 bits per heavy atom. The molecule has 0 saturated carbocycles. The van der Waals surface area contributed by atoms with Crippen LogP contribution < -0.4 is 5.32 Å². The van der Waals surface area contributed by atoms with Crippen molar-refractivity contribution in [2.45, 2.75) is 19.4 Å². The van der Waals surface area contributed by atoms with Crippen molar-refractivity contribution in [3.05, 3.63) is 71.0 Å². The molecule has 0 aromatic heterocycles. The Bertz CT molecular complexity index is 825. The van der Waals surface area contributed by atoms with Crippen LogP contribution in [0.3, 0.4) is 0 Å². The Kier molecular flexibility index (Phi) is 7.19. The quantitative estimate of drug-likeness (QED) is 0.617. The monoisotopic (exact) mass is 355 g/mol. The summed E-state index contributed by atoms with van der Waals surface area (Å²) in [7, 11) is 0. The van der Waals surface area contributed by atoms with Gasteiger partial charge in [0.25, 0.3) is 0 Å². The number of amides is 1. The fraction of sp³-hybridized carbons (Fsp3) is 0.200. The molecule has 0 atom stereocenters. The second kappa shape index (κ2) is 9.84. The summed E-state index contributed by atoms with van der Waals surface area (Å²) in [6, 6.07) is 13.3. The average Bonchev–Trinajstić information content (AvgIpc) is 2.62. The topological polar surface area (TPSA) is 75.6 Å². The van der Waals surface area contributed by atoms with E-state index in [4.69, 9.17) is 9.84 Å². The lowest BCUT2D eigenvalue weighted by Crippen LogP contribution is -2.24. The number of alkyl carbamates (subject to hydrolysis) is 1. The average molecular weight is 355 g/mol. The molecule has 1 amide bonds. The van der Waals surface area contributed by atoms with Crippen molar-refractivity contribution >= 4 is 12.1 Å². The highest BCUT2D eigenvalue weighted by atomic mass is 19.1. The molecule has 0 aliphatic carbocycles. The molecule has 0 bridgehead atoms. The van der Waals surface area contributed by atoms with Crippen LogP contribution in [0.4, 0.5) is 9.18 Å². The standard InChI is InChI=1S/C20H18FNO4/c21-18-10-9-16(13-19(23)24)12-17(18)8-4-5-11-22-20(25)26-14-15-6-2-1-3-7-15/h1-3,6-7,9-10,12H,5,11,13-14H2,(H,22,25)(H,23,24). The molecule has 134 valence electrons. The molecule has 26 heavy (non-hydrogen) atoms. The van der Waals surface area contributed by atoms with Gasteiger partial charge in [0, 0.05) is 13.0 Å². The van der Waals surface area contributed by atoms with Crippen LogP contribution in [-0.2, 0) is 22.6 Å². The van der Waals surface area contributed by atoms with Gasteiger partial charge in [0.2, 0.25) is 0 Å². The number of ether oxygens (including phenoxy) is 1. The lowest BCUT2D eigenvalue weighted by atomic mass is 10.1. The van der Waals surface area contributed by atoms with E-state index >= 15 is 0 Å². The molecule has 0 saturated heterocycles. The molecule has 2 aromatic carbocycles. The molecule has 2 rings (SSSR count). The number of aliphatic carboxylic acids is 1. The summed E-state index contributed by atoms with van der Waals surface area (Å²) in [6.07, 6.45) is -0.433. The first-order valence-corrected chi connectivity index (χ1v) is 7.98. The summed E-state index contributed by atoms with van der Waals surface area (Å²) in [5.41, 5.74) is 1.50. The van der Waals surface area contributed by atoms with Gasteiger partial charge in [-0.05, 0) is 23.3 Å². The van der Waals surface area contributed by atoms with Crippen LogP contribution in [0.1, 0.15) is 23.1 Å². The van der Waals surface area contributed by atoms with E-state index < -0.39 is 17.9 Å². The molecule has 0 fully saturated rings. The summed E-state index contributed by atoms with van der Waals surface area (Å²) in [5, 5.41) is 11.3. The number of carboxylic acids is 1. The minimum atomic E-state index is -0.992. The van der Waals surface area contributed by atoms with Crippen LogP contribution in [0.2, 0.25) is 0 Å². The lowest BCUT2D eigenvalue weighted by Gasteiger charge is -2.05. The van der Waals surface area contributed by atoms with Crippen molar-refractivity contribution in [3.8, 4) is 11.8 Å². The van der Waals surface area contributed by atoms with Gasteiger partial charge in [-0.25, -0.2) is 9.18 Å². The molecule has 5 nitrogen and oxygen atoms in total. The molecule has 0 aliphatic rings. The van der Waals surface area contributed by atoms with Gasteiger partial charge in [-0.15, -0.1) is 0 Å². The normalized spacial score (nSPS) is 9.73. The van der Waals surface area contributed by atoms with E-state index in [1.165, 1.54) is 18.2 Å². The second-order valence-corrected chi connectivity index (χ2v) is 5.42. The van der Waals surface area contributed by atoms with Gasteiger partial charge in [-0.2, -0.15) is 0 Å². The highest BCUT2D eigenvalue weighted by molar-refractivity contribution is 5.70. The second-order valence-electron chi connectivity index (χ2n) is 5.42. The number of hydrogen-bond donors (Lipinski definition) is 2. The van der Waals surface area contributed by atoms with E-state index in [1.807, 2.05) is 30.3 Å². The van der Waals surface area contributed by atoms with Gasteiger partial charge >= 0.3 is 12.1 Å². The molecule has 0 radical (unpaired) electrons. The van der Waals surface area contributed by atoms with E-state index in [0.717, 1.165) is 5.56 Å². The third-order valence-corrected chi connectivity index (χ3v) is 3.34. The summed E-state index contributed by atoms with van der Waals surface area (Å²) in [6.45, 7) is 0.441. The number of carbonyl (C=O) groups excluding carboxylic acids is 1. The molecule has 2 aromatic rings. The van der Waals surface area contributed by atoms with E-state index in [2.05, 4.69) is 17.2 Å². The predicted molar refractivity (Wildman–Crippen MR) is 93.9 cm³/mol. The maximum absolute atomic E-state index is 13.7. The van der Waals surface area contributed by atoms with Crippen molar-refractivity contribution in [1.82, 2.24) is 5.32 Å². The lowest BCUT2D eigenvalue weighted by molar-refractivity contribution is -0.136. The van der Waals surface area contributed by atoms with Gasteiger partial charge in [0.15, 0.2) is 0 Å². The smallest absolute Gasteiger partial charge is 0.407 e. The fourth-order valence-electron chi connectivity index (χ4n) is 2.11. The van der Waals surface area contributed by atoms with Crippen LogP contribution in [0, 0.1) is 17.7 Å². The SMILES string of the molecule is O=C(O)Cc1ccc(F)c(C#CCCNC(=O)OCc2ccccc2)c1. The maximum atomic E-state index is 13.7. The van der Waals surface area contributed by atoms with Gasteiger partial charge in [0.05, 0.1) is 12.0 Å². The van der Waals surface area contributed by atoms with Gasteiger partial charge in [0.1, 0.15) is 12.4 Å². The number of benzene rings is 2. The maximum Gasteiger partial charge on any atom is 0.407 e. The summed E-state index contributed by atoms with van der Waals surface area (Å²) >= 11 is 0. The van der Waals surface area contributed by atoms with E-state index in [0.29, 0.717) is 12.0 Å². The predicted octanol–water partition coefficient (Wildman–Crippen LogP) is 3.12. The van der Waals surface area contributed by atoms with E-state index in [1.54, 1.807) is 0 Å². The van der Waals surface area contributed by atoms with Crippen LogP contribution in [0.25, 0.3) is 0 Å². The third-order valence-electron chi connectivity index (χ3n) is 3.34. The number of halogens is 1. The number of nitrogens with one attached hydrogen (secondary N) is 1. The number of hydrogen-bond acceptors (Lipinski definition) is 3. The van der Waals surface area contributed by atoms with E-state index in [-0.39, 0.29) is 25.1 Å². The van der Waals surface area contributed by atoms with Gasteiger partial charge in [-0.3, -0.25) is 4.79 Å². The Morgan fingerprint density at radius 3 is 2.62 bits per heavy atom. The van der Waals surface area contributed by atoms with Crippen molar-refractivity contribution in [1.29, 1.82) is 0 Å². The largest absolute Gasteiger partial charge is 0.481 e. The van der Waals surface area contributed by atoms with Crippen LogP contribution in [-0.4, -0.2) is 23.7 Å². The first-order chi connectivity index (χ1) is 12.5. The molecule has 0 unspecified atom stereocenters. The molecule has 0 heterocycles. The Morgan fingerprint density at radius 2 is 1.88 bits per heavy atom. The van der Waals surface area contributed by atoms with E-state index in [9.17, 15) is 14.0 Å². The summed E-state index contributed by atoms with van der Waals surface area (Å²) in [4.78, 5) is 22.2. The Labute approximate surface area is 150 Å². The van der Waals surface area contributed by atoms with Crippen LogP contribution in [0.15, 0.2) is 48.5 Å². The number of rotatable bonds is 6. The molecule has 2 N–H and O–H groups in total.